The molecular weight excluding hydrogens is 210 g/mol. The number of nitriles is 1. The molecule has 1 aromatic carbocycles. The van der Waals surface area contributed by atoms with Crippen molar-refractivity contribution in [2.24, 2.45) is 0 Å². The maximum absolute atomic E-state index is 11.1. The van der Waals surface area contributed by atoms with E-state index in [4.69, 9.17) is 10.00 Å². The first-order chi connectivity index (χ1) is 7.61. The van der Waals surface area contributed by atoms with E-state index in [9.17, 15) is 9.59 Å². The molecule has 0 fully saturated rings. The van der Waals surface area contributed by atoms with E-state index >= 15 is 0 Å². The van der Waals surface area contributed by atoms with Crippen LogP contribution in [0, 0.1) is 11.3 Å². The van der Waals surface area contributed by atoms with Crippen LogP contribution in [0.25, 0.3) is 0 Å². The molecule has 0 aliphatic heterocycles. The number of carbonyl (C=O) groups excluding carboxylic acids is 2. The summed E-state index contributed by atoms with van der Waals surface area (Å²) < 4.78 is 9.29. The number of carbonyl (C=O) groups is 2. The maximum Gasteiger partial charge on any atom is 0.349 e. The number of nitrogens with zero attached hydrogens (tertiary/aromatic N) is 1. The van der Waals surface area contributed by atoms with E-state index in [0.29, 0.717) is 11.3 Å². The molecule has 0 radical (unpaired) electrons. The van der Waals surface area contributed by atoms with Gasteiger partial charge in [-0.1, -0.05) is 0 Å². The molecule has 0 aliphatic carbocycles. The van der Waals surface area contributed by atoms with E-state index in [0.717, 1.165) is 0 Å². The Hall–Kier alpha value is -2.35. The Morgan fingerprint density at radius 1 is 1.31 bits per heavy atom. The molecule has 0 heterocycles. The molecular formula is C11H9NO4. The Morgan fingerprint density at radius 3 is 2.44 bits per heavy atom. The molecule has 0 spiro atoms. The summed E-state index contributed by atoms with van der Waals surface area (Å²) in [4.78, 5) is 21.5. The third-order valence-electron chi connectivity index (χ3n) is 1.61. The lowest BCUT2D eigenvalue weighted by Crippen LogP contribution is -2.17. The lowest BCUT2D eigenvalue weighted by Gasteiger charge is -2.03. The zero-order chi connectivity index (χ0) is 12.0. The Kier molecular flexibility index (Phi) is 4.04. The van der Waals surface area contributed by atoms with Crippen molar-refractivity contribution in [1.29, 1.82) is 5.26 Å². The molecule has 0 N–H and O–H groups in total. The fourth-order valence-corrected chi connectivity index (χ4v) is 0.919. The van der Waals surface area contributed by atoms with E-state index in [1.165, 1.54) is 31.2 Å². The molecule has 0 aliphatic rings. The van der Waals surface area contributed by atoms with Gasteiger partial charge in [0.2, 0.25) is 0 Å². The average Bonchev–Trinajstić information content (AvgIpc) is 2.27. The van der Waals surface area contributed by atoms with Crippen LogP contribution in [0.1, 0.15) is 12.5 Å². The Bertz CT molecular complexity index is 430. The number of rotatable bonds is 3. The second-order valence-electron chi connectivity index (χ2n) is 2.89. The van der Waals surface area contributed by atoms with Gasteiger partial charge in [0, 0.05) is 6.92 Å². The van der Waals surface area contributed by atoms with Crippen LogP contribution in [0.2, 0.25) is 0 Å². The van der Waals surface area contributed by atoms with E-state index < -0.39 is 18.5 Å². The molecule has 0 aromatic heterocycles. The SMILES string of the molecule is CC(=O)OCC(=O)Oc1ccc(C#N)cc1. The number of benzene rings is 1. The van der Waals surface area contributed by atoms with Gasteiger partial charge in [0.1, 0.15) is 5.75 Å². The molecule has 1 aromatic rings. The van der Waals surface area contributed by atoms with Gasteiger partial charge < -0.3 is 9.47 Å². The summed E-state index contributed by atoms with van der Waals surface area (Å²) in [6.45, 7) is 0.782. The molecule has 5 heteroatoms. The third kappa shape index (κ3) is 3.80. The van der Waals surface area contributed by atoms with Gasteiger partial charge in [0.25, 0.3) is 0 Å². The zero-order valence-corrected chi connectivity index (χ0v) is 8.60. The van der Waals surface area contributed by atoms with Crippen LogP contribution in [0.15, 0.2) is 24.3 Å². The maximum atomic E-state index is 11.1. The van der Waals surface area contributed by atoms with Crippen molar-refractivity contribution in [1.82, 2.24) is 0 Å². The van der Waals surface area contributed by atoms with Crippen LogP contribution >= 0.6 is 0 Å². The number of ether oxygens (including phenoxy) is 2. The molecule has 16 heavy (non-hydrogen) atoms. The summed E-state index contributed by atoms with van der Waals surface area (Å²) >= 11 is 0. The van der Waals surface area contributed by atoms with E-state index in [-0.39, 0.29) is 0 Å². The van der Waals surface area contributed by atoms with Crippen LogP contribution in [-0.2, 0) is 14.3 Å². The lowest BCUT2D eigenvalue weighted by atomic mass is 10.2. The minimum absolute atomic E-state index is 0.302. The third-order valence-corrected chi connectivity index (χ3v) is 1.61. The summed E-state index contributed by atoms with van der Waals surface area (Å²) in [5.41, 5.74) is 0.472. The standard InChI is InChI=1S/C11H9NO4/c1-8(13)15-7-11(14)16-10-4-2-9(6-12)3-5-10/h2-5H,7H2,1H3. The van der Waals surface area contributed by atoms with Crippen LogP contribution in [0.3, 0.4) is 0 Å². The van der Waals surface area contributed by atoms with Gasteiger partial charge >= 0.3 is 11.9 Å². The number of hydrogen-bond donors (Lipinski definition) is 0. The normalized spacial score (nSPS) is 9.00. The second-order valence-corrected chi connectivity index (χ2v) is 2.89. The summed E-state index contributed by atoms with van der Waals surface area (Å²) in [5.74, 6) is -0.909. The van der Waals surface area contributed by atoms with Gasteiger partial charge in [0.15, 0.2) is 6.61 Å². The van der Waals surface area contributed by atoms with E-state index in [2.05, 4.69) is 4.74 Å². The second kappa shape index (κ2) is 5.51. The van der Waals surface area contributed by atoms with Crippen molar-refractivity contribution in [2.45, 2.75) is 6.92 Å². The Balaban J connectivity index is 2.50. The predicted octanol–water partition coefficient (Wildman–Crippen LogP) is 1.03. The monoisotopic (exact) mass is 219 g/mol. The quantitative estimate of drug-likeness (QED) is 0.560. The number of hydrogen-bond acceptors (Lipinski definition) is 5. The van der Waals surface area contributed by atoms with Crippen LogP contribution < -0.4 is 4.74 Å². The first-order valence-corrected chi connectivity index (χ1v) is 4.46. The fraction of sp³-hybridized carbons (Fsp3) is 0.182. The highest BCUT2D eigenvalue weighted by Gasteiger charge is 2.06. The molecule has 1 rings (SSSR count). The highest BCUT2D eigenvalue weighted by Crippen LogP contribution is 2.11. The molecule has 0 amide bonds. The zero-order valence-electron chi connectivity index (χ0n) is 8.60. The van der Waals surface area contributed by atoms with Crippen molar-refractivity contribution in [3.63, 3.8) is 0 Å². The summed E-state index contributed by atoms with van der Waals surface area (Å²) in [5, 5.41) is 8.54. The Morgan fingerprint density at radius 2 is 1.94 bits per heavy atom. The van der Waals surface area contributed by atoms with Gasteiger partial charge in [-0.2, -0.15) is 5.26 Å². The van der Waals surface area contributed by atoms with Crippen molar-refractivity contribution < 1.29 is 19.1 Å². The summed E-state index contributed by atoms with van der Waals surface area (Å²) in [7, 11) is 0. The van der Waals surface area contributed by atoms with Gasteiger partial charge in [-0.15, -0.1) is 0 Å². The van der Waals surface area contributed by atoms with Crippen LogP contribution in [0.4, 0.5) is 0 Å². The molecule has 0 unspecified atom stereocenters. The highest BCUT2D eigenvalue weighted by atomic mass is 16.6. The largest absolute Gasteiger partial charge is 0.454 e. The van der Waals surface area contributed by atoms with Gasteiger partial charge in [0.05, 0.1) is 11.6 Å². The smallest absolute Gasteiger partial charge is 0.349 e. The summed E-state index contributed by atoms with van der Waals surface area (Å²) in [6.07, 6.45) is 0. The molecule has 0 atom stereocenters. The van der Waals surface area contributed by atoms with Crippen molar-refractivity contribution in [2.75, 3.05) is 6.61 Å². The first kappa shape index (κ1) is 11.7. The van der Waals surface area contributed by atoms with Gasteiger partial charge in [-0.05, 0) is 24.3 Å². The van der Waals surface area contributed by atoms with Crippen molar-refractivity contribution in [3.8, 4) is 11.8 Å². The van der Waals surface area contributed by atoms with E-state index in [1.54, 1.807) is 0 Å². The molecule has 0 saturated carbocycles. The molecule has 0 bridgehead atoms. The minimum atomic E-state index is -0.667. The fourth-order valence-electron chi connectivity index (χ4n) is 0.919. The predicted molar refractivity (Wildman–Crippen MR) is 53.4 cm³/mol. The van der Waals surface area contributed by atoms with Crippen LogP contribution in [-0.4, -0.2) is 18.5 Å². The first-order valence-electron chi connectivity index (χ1n) is 4.46. The highest BCUT2D eigenvalue weighted by molar-refractivity contribution is 5.77. The van der Waals surface area contributed by atoms with Gasteiger partial charge in [-0.25, -0.2) is 4.79 Å². The van der Waals surface area contributed by atoms with Gasteiger partial charge in [-0.3, -0.25) is 4.79 Å². The van der Waals surface area contributed by atoms with Crippen molar-refractivity contribution in [3.05, 3.63) is 29.8 Å². The lowest BCUT2D eigenvalue weighted by molar-refractivity contribution is -0.152. The van der Waals surface area contributed by atoms with Crippen molar-refractivity contribution >= 4 is 11.9 Å². The topological polar surface area (TPSA) is 76.4 Å². The number of esters is 2. The molecule has 5 nitrogen and oxygen atoms in total. The molecule has 0 saturated heterocycles. The average molecular weight is 219 g/mol. The van der Waals surface area contributed by atoms with Crippen LogP contribution in [0.5, 0.6) is 5.75 Å². The van der Waals surface area contributed by atoms with E-state index in [1.807, 2.05) is 6.07 Å². The Labute approximate surface area is 92.2 Å². The summed E-state index contributed by atoms with van der Waals surface area (Å²) in [6, 6.07) is 7.96. The molecule has 82 valence electrons. The minimum Gasteiger partial charge on any atom is -0.454 e.